The highest BCUT2D eigenvalue weighted by molar-refractivity contribution is 6.05. The van der Waals surface area contributed by atoms with Crippen molar-refractivity contribution in [2.24, 2.45) is 0 Å². The molecule has 0 saturated carbocycles. The maximum absolute atomic E-state index is 12.9. The monoisotopic (exact) mass is 360 g/mol. The first-order chi connectivity index (χ1) is 13.0. The van der Waals surface area contributed by atoms with Crippen molar-refractivity contribution in [3.8, 4) is 0 Å². The van der Waals surface area contributed by atoms with Crippen molar-refractivity contribution < 1.29 is 4.79 Å². The molecular formula is C20H20N6O. The Labute approximate surface area is 156 Å². The molecule has 0 bridgehead atoms. The lowest BCUT2D eigenvalue weighted by Crippen LogP contribution is -2.26. The van der Waals surface area contributed by atoms with E-state index in [1.165, 1.54) is 0 Å². The van der Waals surface area contributed by atoms with Gasteiger partial charge in [-0.3, -0.25) is 9.78 Å². The second-order valence-corrected chi connectivity index (χ2v) is 6.83. The number of rotatable bonds is 4. The van der Waals surface area contributed by atoms with E-state index in [9.17, 15) is 4.79 Å². The van der Waals surface area contributed by atoms with Crippen LogP contribution >= 0.6 is 0 Å². The lowest BCUT2D eigenvalue weighted by Gasteiger charge is -2.17. The highest BCUT2D eigenvalue weighted by Crippen LogP contribution is 2.25. The van der Waals surface area contributed by atoms with Gasteiger partial charge >= 0.3 is 0 Å². The molecule has 1 aromatic carbocycles. The Bertz CT molecular complexity index is 1120. The normalized spacial score (nSPS) is 11.4. The van der Waals surface area contributed by atoms with E-state index < -0.39 is 0 Å². The zero-order valence-electron chi connectivity index (χ0n) is 15.5. The van der Waals surface area contributed by atoms with Gasteiger partial charge in [-0.2, -0.15) is 0 Å². The van der Waals surface area contributed by atoms with Crippen molar-refractivity contribution in [3.63, 3.8) is 0 Å². The van der Waals surface area contributed by atoms with Crippen LogP contribution in [0.25, 0.3) is 22.1 Å². The van der Waals surface area contributed by atoms with Crippen molar-refractivity contribution in [3.05, 3.63) is 60.2 Å². The first kappa shape index (κ1) is 17.1. The largest absolute Gasteiger partial charge is 0.336 e. The van der Waals surface area contributed by atoms with Gasteiger partial charge in [-0.1, -0.05) is 6.07 Å². The number of hydrogen-bond donors (Lipinski definition) is 0. The average Bonchev–Trinajstić information content (AvgIpc) is 3.12. The molecule has 3 heterocycles. The van der Waals surface area contributed by atoms with Crippen LogP contribution in [0.4, 0.5) is 0 Å². The van der Waals surface area contributed by atoms with Crippen LogP contribution < -0.4 is 0 Å². The molecule has 0 fully saturated rings. The summed E-state index contributed by atoms with van der Waals surface area (Å²) in [5, 5.41) is 9.30. The number of amides is 1. The van der Waals surface area contributed by atoms with Crippen LogP contribution in [-0.2, 0) is 6.54 Å². The summed E-state index contributed by atoms with van der Waals surface area (Å²) in [6, 6.07) is 11.4. The maximum atomic E-state index is 12.9. The molecule has 136 valence electrons. The zero-order valence-corrected chi connectivity index (χ0v) is 15.5. The zero-order chi connectivity index (χ0) is 19.0. The van der Waals surface area contributed by atoms with Crippen molar-refractivity contribution in [2.75, 3.05) is 7.05 Å². The molecule has 0 saturated heterocycles. The second-order valence-electron chi connectivity index (χ2n) is 6.83. The summed E-state index contributed by atoms with van der Waals surface area (Å²) in [7, 11) is 1.78. The van der Waals surface area contributed by atoms with Gasteiger partial charge in [-0.05, 0) is 44.2 Å². The lowest BCUT2D eigenvalue weighted by atomic mass is 10.1. The number of benzene rings is 1. The van der Waals surface area contributed by atoms with Gasteiger partial charge in [-0.25, -0.2) is 4.98 Å². The van der Waals surface area contributed by atoms with Gasteiger partial charge in [0.25, 0.3) is 5.91 Å². The van der Waals surface area contributed by atoms with Crippen molar-refractivity contribution in [1.29, 1.82) is 0 Å². The van der Waals surface area contributed by atoms with Crippen LogP contribution in [0.3, 0.4) is 0 Å². The molecule has 0 unspecified atom stereocenters. The highest BCUT2D eigenvalue weighted by Gasteiger charge is 2.17. The number of imidazole rings is 1. The van der Waals surface area contributed by atoms with Gasteiger partial charge in [0.15, 0.2) is 0 Å². The summed E-state index contributed by atoms with van der Waals surface area (Å²) in [4.78, 5) is 23.2. The first-order valence-corrected chi connectivity index (χ1v) is 8.83. The molecule has 1 amide bonds. The minimum atomic E-state index is -0.0665. The van der Waals surface area contributed by atoms with Crippen molar-refractivity contribution >= 4 is 28.0 Å². The summed E-state index contributed by atoms with van der Waals surface area (Å²) in [6.45, 7) is 4.62. The Balaban J connectivity index is 1.75. The van der Waals surface area contributed by atoms with E-state index in [0.29, 0.717) is 17.8 Å². The summed E-state index contributed by atoms with van der Waals surface area (Å²) < 4.78 is 2.05. The van der Waals surface area contributed by atoms with Crippen LogP contribution in [0, 0.1) is 0 Å². The van der Waals surface area contributed by atoms with Crippen LogP contribution in [-0.4, -0.2) is 42.6 Å². The van der Waals surface area contributed by atoms with Crippen molar-refractivity contribution in [2.45, 2.75) is 26.4 Å². The molecule has 27 heavy (non-hydrogen) atoms. The van der Waals surface area contributed by atoms with E-state index in [0.717, 1.165) is 22.1 Å². The van der Waals surface area contributed by atoms with Gasteiger partial charge in [0.1, 0.15) is 0 Å². The quantitative estimate of drug-likeness (QED) is 0.558. The number of aromatic nitrogens is 5. The SMILES string of the molecule is CC(C)n1cnc2nnc3ccc(C(=O)N(C)Cc4ccccn4)cc3c21. The minimum Gasteiger partial charge on any atom is -0.336 e. The Morgan fingerprint density at radius 2 is 2.00 bits per heavy atom. The van der Waals surface area contributed by atoms with Gasteiger partial charge in [0, 0.05) is 30.2 Å². The van der Waals surface area contributed by atoms with Gasteiger partial charge in [0.05, 0.1) is 29.6 Å². The van der Waals surface area contributed by atoms with E-state index in [-0.39, 0.29) is 11.9 Å². The number of nitrogens with zero attached hydrogens (tertiary/aromatic N) is 6. The Kier molecular flexibility index (Phi) is 4.27. The van der Waals surface area contributed by atoms with E-state index >= 15 is 0 Å². The predicted octanol–water partition coefficient (Wildman–Crippen LogP) is 3.23. The number of carbonyl (C=O) groups is 1. The van der Waals surface area contributed by atoms with E-state index in [1.807, 2.05) is 30.3 Å². The highest BCUT2D eigenvalue weighted by atomic mass is 16.2. The molecule has 0 aliphatic heterocycles. The van der Waals surface area contributed by atoms with Crippen LogP contribution in [0.15, 0.2) is 48.9 Å². The smallest absolute Gasteiger partial charge is 0.253 e. The minimum absolute atomic E-state index is 0.0665. The van der Waals surface area contributed by atoms with Gasteiger partial charge in [0.2, 0.25) is 5.65 Å². The van der Waals surface area contributed by atoms with Gasteiger partial charge in [-0.15, -0.1) is 10.2 Å². The third-order valence-corrected chi connectivity index (χ3v) is 4.55. The molecule has 0 aliphatic rings. The predicted molar refractivity (Wildman–Crippen MR) is 103 cm³/mol. The lowest BCUT2D eigenvalue weighted by molar-refractivity contribution is 0.0783. The molecule has 3 aromatic heterocycles. The summed E-state index contributed by atoms with van der Waals surface area (Å²) >= 11 is 0. The fourth-order valence-electron chi connectivity index (χ4n) is 3.15. The molecular weight excluding hydrogens is 340 g/mol. The van der Waals surface area contributed by atoms with Gasteiger partial charge < -0.3 is 9.47 Å². The fourth-order valence-corrected chi connectivity index (χ4v) is 3.15. The van der Waals surface area contributed by atoms with E-state index in [2.05, 4.69) is 38.6 Å². The molecule has 0 N–H and O–H groups in total. The molecule has 7 nitrogen and oxygen atoms in total. The van der Waals surface area contributed by atoms with Crippen molar-refractivity contribution in [1.82, 2.24) is 29.6 Å². The Morgan fingerprint density at radius 1 is 1.15 bits per heavy atom. The van der Waals surface area contributed by atoms with Crippen LogP contribution in [0.2, 0.25) is 0 Å². The number of hydrogen-bond acceptors (Lipinski definition) is 5. The number of fused-ring (bicyclic) bond motifs is 3. The first-order valence-electron chi connectivity index (χ1n) is 8.83. The van der Waals surface area contributed by atoms with Crippen LogP contribution in [0.1, 0.15) is 35.9 Å². The Hall–Kier alpha value is -3.35. The number of pyridine rings is 1. The second kappa shape index (κ2) is 6.75. The third kappa shape index (κ3) is 3.12. The average molecular weight is 360 g/mol. The number of carbonyl (C=O) groups excluding carboxylic acids is 1. The molecule has 0 aliphatic carbocycles. The van der Waals surface area contributed by atoms with Crippen LogP contribution in [0.5, 0.6) is 0 Å². The Morgan fingerprint density at radius 3 is 2.74 bits per heavy atom. The topological polar surface area (TPSA) is 76.8 Å². The molecule has 0 spiro atoms. The van der Waals surface area contributed by atoms with E-state index in [1.54, 1.807) is 30.5 Å². The molecule has 4 rings (SSSR count). The van der Waals surface area contributed by atoms with E-state index in [4.69, 9.17) is 0 Å². The molecule has 0 atom stereocenters. The maximum Gasteiger partial charge on any atom is 0.253 e. The molecule has 0 radical (unpaired) electrons. The third-order valence-electron chi connectivity index (χ3n) is 4.55. The summed E-state index contributed by atoms with van der Waals surface area (Å²) in [6.07, 6.45) is 3.50. The summed E-state index contributed by atoms with van der Waals surface area (Å²) in [5.74, 6) is -0.0665. The standard InChI is InChI=1S/C20H20N6O/c1-13(2)26-12-22-19-18(26)16-10-14(7-8-17(16)23-24-19)20(27)25(3)11-15-6-4-5-9-21-15/h4-10,12-13H,11H2,1-3H3. The molecule has 7 heteroatoms. The fraction of sp³-hybridized carbons (Fsp3) is 0.250. The molecule has 4 aromatic rings. The summed E-state index contributed by atoms with van der Waals surface area (Å²) in [5.41, 5.74) is 3.68.